The molecule has 0 aliphatic carbocycles. The van der Waals surface area contributed by atoms with Gasteiger partial charge in [0.05, 0.1) is 5.69 Å². The Bertz CT molecular complexity index is 511. The lowest BCUT2D eigenvalue weighted by Crippen LogP contribution is -2.13. The normalized spacial score (nSPS) is 10.5. The molecular weight excluding hydrogens is 265 g/mol. The summed E-state index contributed by atoms with van der Waals surface area (Å²) in [5.74, 6) is -0.196. The van der Waals surface area contributed by atoms with E-state index in [0.717, 1.165) is 11.3 Å². The summed E-state index contributed by atoms with van der Waals surface area (Å²) in [6, 6.07) is 9.00. The number of aromatic nitrogens is 2. The molecule has 0 saturated carbocycles. The van der Waals surface area contributed by atoms with Crippen LogP contribution in [0, 0.1) is 5.82 Å². The van der Waals surface area contributed by atoms with Gasteiger partial charge in [0.15, 0.2) is 0 Å². The molecule has 0 fully saturated rings. The van der Waals surface area contributed by atoms with E-state index in [0.29, 0.717) is 19.1 Å². The Morgan fingerprint density at radius 2 is 2.05 bits per heavy atom. The van der Waals surface area contributed by atoms with Gasteiger partial charge >= 0.3 is 0 Å². The highest BCUT2D eigenvalue weighted by Crippen LogP contribution is 2.05. The molecular formula is C14H19ClFN3. The zero-order chi connectivity index (χ0) is 13.0. The Hall–Kier alpha value is -1.39. The highest BCUT2D eigenvalue weighted by Gasteiger charge is 2.01. The number of nitrogens with one attached hydrogen (secondary N) is 1. The Labute approximate surface area is 119 Å². The zero-order valence-corrected chi connectivity index (χ0v) is 12.0. The number of hydrogen-bond acceptors (Lipinski definition) is 2. The summed E-state index contributed by atoms with van der Waals surface area (Å²) in [6.07, 6.45) is 1.98. The highest BCUT2D eigenvalue weighted by atomic mass is 35.5. The van der Waals surface area contributed by atoms with Crippen LogP contribution in [0.1, 0.15) is 31.1 Å². The molecule has 0 radical (unpaired) electrons. The van der Waals surface area contributed by atoms with Gasteiger partial charge in [-0.15, -0.1) is 12.4 Å². The molecule has 3 nitrogen and oxygen atoms in total. The van der Waals surface area contributed by atoms with Crippen molar-refractivity contribution >= 4 is 12.4 Å². The van der Waals surface area contributed by atoms with Crippen molar-refractivity contribution in [3.63, 3.8) is 0 Å². The predicted octanol–water partition coefficient (Wildman–Crippen LogP) is 3.31. The van der Waals surface area contributed by atoms with Crippen LogP contribution in [0.2, 0.25) is 0 Å². The maximum Gasteiger partial charge on any atom is 0.123 e. The molecule has 0 bridgehead atoms. The van der Waals surface area contributed by atoms with Crippen LogP contribution >= 0.6 is 12.4 Å². The molecule has 19 heavy (non-hydrogen) atoms. The van der Waals surface area contributed by atoms with Gasteiger partial charge in [0.1, 0.15) is 5.82 Å². The Kier molecular flexibility index (Phi) is 5.99. The first-order valence-electron chi connectivity index (χ1n) is 6.14. The number of halogens is 2. The first-order chi connectivity index (χ1) is 8.65. The predicted molar refractivity (Wildman–Crippen MR) is 76.8 cm³/mol. The first kappa shape index (κ1) is 15.7. The molecule has 1 aromatic carbocycles. The number of hydrogen-bond donors (Lipinski definition) is 1. The first-order valence-corrected chi connectivity index (χ1v) is 6.14. The molecule has 1 N–H and O–H groups in total. The number of nitrogens with zero attached hydrogens (tertiary/aromatic N) is 2. The van der Waals surface area contributed by atoms with Crippen molar-refractivity contribution in [2.45, 2.75) is 33.0 Å². The van der Waals surface area contributed by atoms with E-state index in [2.05, 4.69) is 24.3 Å². The van der Waals surface area contributed by atoms with Gasteiger partial charge in [-0.25, -0.2) is 4.39 Å². The summed E-state index contributed by atoms with van der Waals surface area (Å²) in [5.41, 5.74) is 1.94. The summed E-state index contributed by atoms with van der Waals surface area (Å²) in [5, 5.41) is 7.69. The highest BCUT2D eigenvalue weighted by molar-refractivity contribution is 5.85. The minimum atomic E-state index is -0.196. The van der Waals surface area contributed by atoms with Crippen molar-refractivity contribution in [3.8, 4) is 0 Å². The van der Waals surface area contributed by atoms with Gasteiger partial charge in [-0.3, -0.25) is 4.68 Å². The van der Waals surface area contributed by atoms with E-state index < -0.39 is 0 Å². The second-order valence-corrected chi connectivity index (χ2v) is 4.61. The molecule has 0 saturated heterocycles. The number of rotatable bonds is 5. The van der Waals surface area contributed by atoms with E-state index in [1.54, 1.807) is 12.1 Å². The van der Waals surface area contributed by atoms with Crippen LogP contribution in [-0.2, 0) is 13.1 Å². The van der Waals surface area contributed by atoms with Crippen LogP contribution in [0.3, 0.4) is 0 Å². The van der Waals surface area contributed by atoms with E-state index in [1.807, 2.05) is 23.0 Å². The zero-order valence-electron chi connectivity index (χ0n) is 11.1. The van der Waals surface area contributed by atoms with Gasteiger partial charge in [0.2, 0.25) is 0 Å². The topological polar surface area (TPSA) is 29.9 Å². The Balaban J connectivity index is 0.00000180. The SMILES string of the molecule is CC(C)n1ccc(CNCc2cccc(F)c2)n1.Cl. The van der Waals surface area contributed by atoms with Crippen LogP contribution < -0.4 is 5.32 Å². The maximum atomic E-state index is 13.0. The molecule has 1 heterocycles. The van der Waals surface area contributed by atoms with E-state index >= 15 is 0 Å². The smallest absolute Gasteiger partial charge is 0.123 e. The van der Waals surface area contributed by atoms with Crippen molar-refractivity contribution in [2.75, 3.05) is 0 Å². The summed E-state index contributed by atoms with van der Waals surface area (Å²) in [6.45, 7) is 5.52. The Morgan fingerprint density at radius 1 is 1.26 bits per heavy atom. The van der Waals surface area contributed by atoms with Gasteiger partial charge in [-0.05, 0) is 37.6 Å². The molecule has 2 rings (SSSR count). The molecule has 0 atom stereocenters. The molecule has 0 aliphatic heterocycles. The molecule has 0 aliphatic rings. The molecule has 104 valence electrons. The van der Waals surface area contributed by atoms with Crippen molar-refractivity contribution < 1.29 is 4.39 Å². The minimum absolute atomic E-state index is 0. The van der Waals surface area contributed by atoms with Gasteiger partial charge in [-0.1, -0.05) is 12.1 Å². The molecule has 0 amide bonds. The average Bonchev–Trinajstić information content (AvgIpc) is 2.78. The molecule has 0 unspecified atom stereocenters. The van der Waals surface area contributed by atoms with Gasteiger partial charge in [0, 0.05) is 25.3 Å². The van der Waals surface area contributed by atoms with Crippen LogP contribution in [-0.4, -0.2) is 9.78 Å². The van der Waals surface area contributed by atoms with Crippen molar-refractivity contribution in [1.29, 1.82) is 0 Å². The van der Waals surface area contributed by atoms with Crippen LogP contribution in [0.4, 0.5) is 4.39 Å². The van der Waals surface area contributed by atoms with Crippen molar-refractivity contribution in [2.24, 2.45) is 0 Å². The lowest BCUT2D eigenvalue weighted by Gasteiger charge is -2.05. The second-order valence-electron chi connectivity index (χ2n) is 4.61. The number of benzene rings is 1. The third-order valence-corrected chi connectivity index (χ3v) is 2.72. The fourth-order valence-electron chi connectivity index (χ4n) is 1.74. The summed E-state index contributed by atoms with van der Waals surface area (Å²) < 4.78 is 14.9. The van der Waals surface area contributed by atoms with E-state index in [4.69, 9.17) is 0 Å². The minimum Gasteiger partial charge on any atom is -0.307 e. The van der Waals surface area contributed by atoms with Crippen LogP contribution in [0.25, 0.3) is 0 Å². The fraction of sp³-hybridized carbons (Fsp3) is 0.357. The fourth-order valence-corrected chi connectivity index (χ4v) is 1.74. The van der Waals surface area contributed by atoms with Crippen molar-refractivity contribution in [1.82, 2.24) is 15.1 Å². The quantitative estimate of drug-likeness (QED) is 0.912. The lowest BCUT2D eigenvalue weighted by molar-refractivity contribution is 0.521. The van der Waals surface area contributed by atoms with Crippen molar-refractivity contribution in [3.05, 3.63) is 53.6 Å². The lowest BCUT2D eigenvalue weighted by atomic mass is 10.2. The van der Waals surface area contributed by atoms with E-state index in [-0.39, 0.29) is 18.2 Å². The monoisotopic (exact) mass is 283 g/mol. The third kappa shape index (κ3) is 4.65. The standard InChI is InChI=1S/C14H18FN3.ClH/c1-11(2)18-7-6-14(17-18)10-16-9-12-4-3-5-13(15)8-12;/h3-8,11,16H,9-10H2,1-2H3;1H. The third-order valence-electron chi connectivity index (χ3n) is 2.72. The summed E-state index contributed by atoms with van der Waals surface area (Å²) in [7, 11) is 0. The average molecular weight is 284 g/mol. The maximum absolute atomic E-state index is 13.0. The van der Waals surface area contributed by atoms with Crippen LogP contribution in [0.5, 0.6) is 0 Å². The summed E-state index contributed by atoms with van der Waals surface area (Å²) >= 11 is 0. The van der Waals surface area contributed by atoms with Gasteiger partial charge < -0.3 is 5.32 Å². The van der Waals surface area contributed by atoms with Crippen LogP contribution in [0.15, 0.2) is 36.5 Å². The molecule has 2 aromatic rings. The summed E-state index contributed by atoms with van der Waals surface area (Å²) in [4.78, 5) is 0. The van der Waals surface area contributed by atoms with E-state index in [9.17, 15) is 4.39 Å². The van der Waals surface area contributed by atoms with E-state index in [1.165, 1.54) is 6.07 Å². The largest absolute Gasteiger partial charge is 0.307 e. The molecule has 0 spiro atoms. The Morgan fingerprint density at radius 3 is 2.68 bits per heavy atom. The van der Waals surface area contributed by atoms with Gasteiger partial charge in [-0.2, -0.15) is 5.10 Å². The molecule has 5 heteroatoms. The van der Waals surface area contributed by atoms with Gasteiger partial charge in [0.25, 0.3) is 0 Å². The second kappa shape index (κ2) is 7.26. The molecule has 1 aromatic heterocycles.